The molecule has 0 unspecified atom stereocenters. The van der Waals surface area contributed by atoms with Crippen molar-refractivity contribution < 1.29 is 22.8 Å². The molecule has 0 saturated heterocycles. The molecule has 0 radical (unpaired) electrons. The predicted molar refractivity (Wildman–Crippen MR) is 44.2 cm³/mol. The number of carbonyl (C=O) groups is 2. The normalized spacial score (nSPS) is 9.86. The number of rotatable bonds is 1. The number of primary amides is 1. The van der Waals surface area contributed by atoms with Gasteiger partial charge in [-0.25, -0.2) is 0 Å². The van der Waals surface area contributed by atoms with Gasteiger partial charge < -0.3 is 10.6 Å². The van der Waals surface area contributed by atoms with Crippen LogP contribution in [0, 0.1) is 0 Å². The maximum absolute atomic E-state index is 10.7. The lowest BCUT2D eigenvalue weighted by Gasteiger charge is -2.05. The van der Waals surface area contributed by atoms with E-state index in [1.807, 2.05) is 6.92 Å². The lowest BCUT2D eigenvalue weighted by atomic mass is 10.4. The van der Waals surface area contributed by atoms with Gasteiger partial charge in [0.05, 0.1) is 0 Å². The maximum Gasteiger partial charge on any atom is 0.470 e. The Morgan fingerprint density at radius 1 is 1.29 bits per heavy atom. The van der Waals surface area contributed by atoms with Gasteiger partial charge in [-0.3, -0.25) is 9.59 Å². The van der Waals surface area contributed by atoms with E-state index in [0.29, 0.717) is 6.42 Å². The quantitative estimate of drug-likeness (QED) is 0.691. The third-order valence-electron chi connectivity index (χ3n) is 1.08. The van der Waals surface area contributed by atoms with Gasteiger partial charge in [-0.05, 0) is 0 Å². The summed E-state index contributed by atoms with van der Waals surface area (Å²) in [5, 5.41) is 0. The topological polar surface area (TPSA) is 63.4 Å². The molecule has 0 fully saturated rings. The first-order chi connectivity index (χ1) is 6.12. The molecule has 0 spiro atoms. The van der Waals surface area contributed by atoms with Crippen molar-refractivity contribution in [2.24, 2.45) is 5.73 Å². The Kier molecular flexibility index (Phi) is 6.76. The summed E-state index contributed by atoms with van der Waals surface area (Å²) in [6.45, 7) is 1.85. The highest BCUT2D eigenvalue weighted by molar-refractivity contribution is 5.79. The second-order valence-electron chi connectivity index (χ2n) is 2.50. The molecule has 0 aliphatic heterocycles. The van der Waals surface area contributed by atoms with Crippen LogP contribution in [0.2, 0.25) is 0 Å². The zero-order chi connectivity index (χ0) is 11.9. The van der Waals surface area contributed by atoms with Crippen LogP contribution in [0.4, 0.5) is 13.2 Å². The van der Waals surface area contributed by atoms with Crippen LogP contribution in [-0.4, -0.2) is 37.0 Å². The maximum atomic E-state index is 10.7. The summed E-state index contributed by atoms with van der Waals surface area (Å²) in [6, 6.07) is 0. The number of alkyl halides is 3. The van der Waals surface area contributed by atoms with E-state index in [2.05, 4.69) is 5.73 Å². The second kappa shape index (κ2) is 6.22. The zero-order valence-corrected chi connectivity index (χ0v) is 8.18. The van der Waals surface area contributed by atoms with E-state index in [9.17, 15) is 18.0 Å². The SMILES string of the molecule is CCC(=O)N(C)C.NC(=O)C(F)(F)F. The lowest BCUT2D eigenvalue weighted by molar-refractivity contribution is -0.169. The molecule has 0 saturated carbocycles. The van der Waals surface area contributed by atoms with Crippen molar-refractivity contribution in [1.29, 1.82) is 0 Å². The summed E-state index contributed by atoms with van der Waals surface area (Å²) in [7, 11) is 3.51. The van der Waals surface area contributed by atoms with Crippen LogP contribution >= 0.6 is 0 Å². The molecule has 0 atom stereocenters. The summed E-state index contributed by atoms with van der Waals surface area (Å²) in [4.78, 5) is 21.1. The van der Waals surface area contributed by atoms with Gasteiger partial charge in [-0.1, -0.05) is 6.92 Å². The highest BCUT2D eigenvalue weighted by Crippen LogP contribution is 2.11. The minimum Gasteiger partial charge on any atom is -0.362 e. The minimum absolute atomic E-state index is 0.181. The first-order valence-corrected chi connectivity index (χ1v) is 3.69. The number of hydrogen-bond donors (Lipinski definition) is 1. The molecule has 0 rings (SSSR count). The van der Waals surface area contributed by atoms with E-state index >= 15 is 0 Å². The summed E-state index contributed by atoms with van der Waals surface area (Å²) >= 11 is 0. The Hall–Kier alpha value is -1.27. The van der Waals surface area contributed by atoms with Crippen molar-refractivity contribution in [3.05, 3.63) is 0 Å². The van der Waals surface area contributed by atoms with Gasteiger partial charge in [0, 0.05) is 20.5 Å². The Labute approximate surface area is 79.9 Å². The highest BCUT2D eigenvalue weighted by atomic mass is 19.4. The monoisotopic (exact) mass is 214 g/mol. The fourth-order valence-electron chi connectivity index (χ4n) is 0.316. The molecule has 7 heteroatoms. The molecular formula is C7H13F3N2O2. The Morgan fingerprint density at radius 2 is 1.57 bits per heavy atom. The van der Waals surface area contributed by atoms with Gasteiger partial charge in [0.1, 0.15) is 0 Å². The first kappa shape index (κ1) is 15.2. The molecular weight excluding hydrogens is 201 g/mol. The Morgan fingerprint density at radius 3 is 1.57 bits per heavy atom. The van der Waals surface area contributed by atoms with Crippen LogP contribution < -0.4 is 5.73 Å². The molecule has 0 aliphatic carbocycles. The first-order valence-electron chi connectivity index (χ1n) is 3.69. The van der Waals surface area contributed by atoms with Gasteiger partial charge in [-0.2, -0.15) is 13.2 Å². The van der Waals surface area contributed by atoms with Crippen molar-refractivity contribution in [3.8, 4) is 0 Å². The number of amides is 2. The molecule has 0 aliphatic rings. The van der Waals surface area contributed by atoms with E-state index in [-0.39, 0.29) is 5.91 Å². The van der Waals surface area contributed by atoms with Gasteiger partial charge in [-0.15, -0.1) is 0 Å². The number of halogens is 3. The van der Waals surface area contributed by atoms with E-state index in [0.717, 1.165) is 0 Å². The smallest absolute Gasteiger partial charge is 0.362 e. The van der Waals surface area contributed by atoms with Crippen LogP contribution in [-0.2, 0) is 9.59 Å². The highest BCUT2D eigenvalue weighted by Gasteiger charge is 2.35. The van der Waals surface area contributed by atoms with Gasteiger partial charge in [0.2, 0.25) is 5.91 Å². The number of nitrogens with zero attached hydrogens (tertiary/aromatic N) is 1. The zero-order valence-electron chi connectivity index (χ0n) is 8.18. The van der Waals surface area contributed by atoms with Crippen molar-refractivity contribution >= 4 is 11.8 Å². The van der Waals surface area contributed by atoms with E-state index in [1.54, 1.807) is 19.0 Å². The molecule has 0 bridgehead atoms. The van der Waals surface area contributed by atoms with E-state index in [4.69, 9.17) is 4.79 Å². The minimum atomic E-state index is -4.86. The van der Waals surface area contributed by atoms with Crippen LogP contribution in [0.15, 0.2) is 0 Å². The van der Waals surface area contributed by atoms with Gasteiger partial charge in [0.15, 0.2) is 0 Å². The average molecular weight is 214 g/mol. The molecule has 0 aromatic carbocycles. The Bertz CT molecular complexity index is 200. The van der Waals surface area contributed by atoms with Crippen molar-refractivity contribution in [1.82, 2.24) is 4.90 Å². The molecule has 0 aromatic heterocycles. The summed E-state index contributed by atoms with van der Waals surface area (Å²) in [5.74, 6) is -2.08. The molecule has 14 heavy (non-hydrogen) atoms. The predicted octanol–water partition coefficient (Wildman–Crippen LogP) is 0.519. The lowest BCUT2D eigenvalue weighted by Crippen LogP contribution is -2.30. The molecule has 2 amide bonds. The van der Waals surface area contributed by atoms with Crippen LogP contribution in [0.25, 0.3) is 0 Å². The fourth-order valence-corrected chi connectivity index (χ4v) is 0.316. The van der Waals surface area contributed by atoms with Crippen LogP contribution in [0.5, 0.6) is 0 Å². The Balaban J connectivity index is 0. The number of hydrogen-bond acceptors (Lipinski definition) is 2. The van der Waals surface area contributed by atoms with Crippen LogP contribution in [0.3, 0.4) is 0 Å². The van der Waals surface area contributed by atoms with Crippen molar-refractivity contribution in [2.45, 2.75) is 19.5 Å². The molecule has 2 N–H and O–H groups in total. The average Bonchev–Trinajstić information content (AvgIpc) is 2.02. The number of carbonyl (C=O) groups excluding carboxylic acids is 2. The van der Waals surface area contributed by atoms with E-state index < -0.39 is 12.1 Å². The van der Waals surface area contributed by atoms with Gasteiger partial charge >= 0.3 is 12.1 Å². The van der Waals surface area contributed by atoms with Crippen molar-refractivity contribution in [3.63, 3.8) is 0 Å². The summed E-state index contributed by atoms with van der Waals surface area (Å²) in [6.07, 6.45) is -4.26. The van der Waals surface area contributed by atoms with E-state index in [1.165, 1.54) is 0 Å². The van der Waals surface area contributed by atoms with Crippen molar-refractivity contribution in [2.75, 3.05) is 14.1 Å². The molecule has 0 aromatic rings. The summed E-state index contributed by atoms with van der Waals surface area (Å²) in [5.41, 5.74) is 3.81. The molecule has 0 heterocycles. The molecule has 4 nitrogen and oxygen atoms in total. The molecule has 84 valence electrons. The third kappa shape index (κ3) is 8.82. The fraction of sp³-hybridized carbons (Fsp3) is 0.714. The second-order valence-corrected chi connectivity index (χ2v) is 2.50. The number of nitrogens with two attached hydrogens (primary N) is 1. The van der Waals surface area contributed by atoms with Gasteiger partial charge in [0.25, 0.3) is 0 Å². The largest absolute Gasteiger partial charge is 0.470 e. The summed E-state index contributed by atoms with van der Waals surface area (Å²) < 4.78 is 32.1. The van der Waals surface area contributed by atoms with Crippen LogP contribution in [0.1, 0.15) is 13.3 Å². The third-order valence-corrected chi connectivity index (χ3v) is 1.08. The standard InChI is InChI=1S/C5H11NO.C2H2F3NO/c1-4-5(7)6(2)3;3-2(4,5)1(6)7/h4H2,1-3H3;(H2,6,7).